The molecule has 0 radical (unpaired) electrons. The van der Waals surface area contributed by atoms with Crippen LogP contribution in [0.3, 0.4) is 0 Å². The minimum atomic E-state index is -4.55. The summed E-state index contributed by atoms with van der Waals surface area (Å²) in [6.45, 7) is 0.187. The highest BCUT2D eigenvalue weighted by molar-refractivity contribution is 6.33. The van der Waals surface area contributed by atoms with Gasteiger partial charge in [0, 0.05) is 38.2 Å². The van der Waals surface area contributed by atoms with Gasteiger partial charge in [-0.15, -0.1) is 0 Å². The lowest BCUT2D eigenvalue weighted by molar-refractivity contribution is -0.164. The summed E-state index contributed by atoms with van der Waals surface area (Å²) in [5.41, 5.74) is 0.122. The summed E-state index contributed by atoms with van der Waals surface area (Å²) < 4.78 is 43.9. The molecule has 2 bridgehead atoms. The van der Waals surface area contributed by atoms with Crippen LogP contribution in [0.2, 0.25) is 5.02 Å². The van der Waals surface area contributed by atoms with Crippen molar-refractivity contribution >= 4 is 29.2 Å². The first kappa shape index (κ1) is 25.4. The Bertz CT molecular complexity index is 1280. The molecule has 3 heterocycles. The maximum atomic E-state index is 13.5. The first-order valence-corrected chi connectivity index (χ1v) is 12.8. The van der Waals surface area contributed by atoms with Crippen LogP contribution in [-0.4, -0.2) is 60.1 Å². The van der Waals surface area contributed by atoms with Gasteiger partial charge >= 0.3 is 6.18 Å². The maximum absolute atomic E-state index is 13.5. The van der Waals surface area contributed by atoms with Crippen LogP contribution < -0.4 is 10.1 Å². The number of methoxy groups -OCH3 is 1. The van der Waals surface area contributed by atoms with Gasteiger partial charge in [0.2, 0.25) is 11.8 Å². The molecule has 2 saturated carbocycles. The number of nitrogens with zero attached hydrogens (tertiary/aromatic N) is 3. The van der Waals surface area contributed by atoms with E-state index in [1.807, 2.05) is 36.4 Å². The average Bonchev–Trinajstić information content (AvgIpc) is 3.59. The number of hydroxylamine groups is 2. The van der Waals surface area contributed by atoms with Gasteiger partial charge in [-0.2, -0.15) is 18.2 Å². The van der Waals surface area contributed by atoms with E-state index in [1.165, 1.54) is 4.90 Å². The average molecular weight is 551 g/mol. The lowest BCUT2D eigenvalue weighted by atomic mass is 9.70. The molecule has 1 aromatic heterocycles. The van der Waals surface area contributed by atoms with Crippen molar-refractivity contribution in [3.05, 3.63) is 52.7 Å². The van der Waals surface area contributed by atoms with Crippen molar-refractivity contribution in [1.29, 1.82) is 0 Å². The predicted molar refractivity (Wildman–Crippen MR) is 130 cm³/mol. The molecule has 12 heteroatoms. The van der Waals surface area contributed by atoms with E-state index < -0.39 is 23.6 Å². The fraction of sp³-hybridized carbons (Fsp3) is 0.500. The topological polar surface area (TPSA) is 84.0 Å². The van der Waals surface area contributed by atoms with Crippen LogP contribution in [0.4, 0.5) is 19.0 Å². The molecule has 1 aromatic carbocycles. The van der Waals surface area contributed by atoms with Crippen molar-refractivity contribution in [1.82, 2.24) is 14.9 Å². The summed E-state index contributed by atoms with van der Waals surface area (Å²) >= 11 is 5.96. The minimum absolute atomic E-state index is 0.0208. The molecule has 2 amide bonds. The van der Waals surface area contributed by atoms with Crippen LogP contribution in [0.15, 0.2) is 36.5 Å². The number of benzene rings is 1. The predicted octanol–water partition coefficient (Wildman–Crippen LogP) is 4.03. The fourth-order valence-corrected chi connectivity index (χ4v) is 7.30. The summed E-state index contributed by atoms with van der Waals surface area (Å²) in [6.07, 6.45) is -3.22. The Kier molecular flexibility index (Phi) is 6.08. The van der Waals surface area contributed by atoms with E-state index in [2.05, 4.69) is 10.3 Å². The first-order valence-electron chi connectivity index (χ1n) is 12.5. The first-order chi connectivity index (χ1) is 18.1. The number of imide groups is 1. The van der Waals surface area contributed by atoms with Crippen LogP contribution in [0.1, 0.15) is 23.6 Å². The molecular weight excluding hydrogens is 525 g/mol. The molecule has 6 rings (SSSR count). The summed E-state index contributed by atoms with van der Waals surface area (Å²) in [4.78, 5) is 38.1. The van der Waals surface area contributed by atoms with E-state index in [0.717, 1.165) is 23.8 Å². The van der Waals surface area contributed by atoms with Crippen molar-refractivity contribution in [3.63, 3.8) is 0 Å². The van der Waals surface area contributed by atoms with Crippen molar-refractivity contribution in [2.75, 3.05) is 32.6 Å². The molecule has 7 atom stereocenters. The molecule has 4 fully saturated rings. The van der Waals surface area contributed by atoms with E-state index in [9.17, 15) is 22.8 Å². The third-order valence-corrected chi connectivity index (χ3v) is 8.84. The van der Waals surface area contributed by atoms with Gasteiger partial charge in [-0.05, 0) is 36.1 Å². The smallest absolute Gasteiger partial charge is 0.417 e. The number of ether oxygens (including phenoxy) is 1. The Morgan fingerprint density at radius 3 is 2.47 bits per heavy atom. The molecule has 4 aliphatic rings. The van der Waals surface area contributed by atoms with Gasteiger partial charge < -0.3 is 10.1 Å². The molecule has 0 unspecified atom stereocenters. The summed E-state index contributed by atoms with van der Waals surface area (Å²) in [7, 11) is 3.51. The van der Waals surface area contributed by atoms with Gasteiger partial charge in [-0.25, -0.2) is 4.98 Å². The highest BCUT2D eigenvalue weighted by atomic mass is 35.5. The Labute approximate surface area is 222 Å². The largest absolute Gasteiger partial charge is 0.497 e. The van der Waals surface area contributed by atoms with Gasteiger partial charge in [-0.3, -0.25) is 19.3 Å². The number of aromatic nitrogens is 1. The second-order valence-corrected chi connectivity index (χ2v) is 10.7. The molecule has 202 valence electrons. The number of carbonyl (C=O) groups is 2. The quantitative estimate of drug-likeness (QED) is 0.544. The normalized spacial score (nSPS) is 32.2. The summed E-state index contributed by atoms with van der Waals surface area (Å²) in [5.74, 6) is -0.318. The molecule has 1 N–H and O–H groups in total. The Balaban J connectivity index is 1.15. The number of hydrogen-bond acceptors (Lipinski definition) is 7. The summed E-state index contributed by atoms with van der Waals surface area (Å²) in [5, 5.41) is 4.52. The number of hydrogen-bond donors (Lipinski definition) is 1. The van der Waals surface area contributed by atoms with Crippen LogP contribution in [0.5, 0.6) is 5.75 Å². The van der Waals surface area contributed by atoms with Gasteiger partial charge in [0.05, 0.1) is 41.7 Å². The van der Waals surface area contributed by atoms with Gasteiger partial charge in [0.1, 0.15) is 11.6 Å². The molecule has 2 aromatic rings. The van der Waals surface area contributed by atoms with E-state index >= 15 is 0 Å². The maximum Gasteiger partial charge on any atom is 0.417 e. The van der Waals surface area contributed by atoms with Gasteiger partial charge in [0.15, 0.2) is 0 Å². The second kappa shape index (κ2) is 9.10. The molecule has 2 aliphatic heterocycles. The monoisotopic (exact) mass is 550 g/mol. The fourth-order valence-electron chi connectivity index (χ4n) is 7.07. The molecule has 8 nitrogen and oxygen atoms in total. The number of fused-ring (bicyclic) bond motifs is 8. The highest BCUT2D eigenvalue weighted by Crippen LogP contribution is 2.65. The van der Waals surface area contributed by atoms with Gasteiger partial charge in [0.25, 0.3) is 0 Å². The van der Waals surface area contributed by atoms with Crippen LogP contribution in [0.25, 0.3) is 0 Å². The lowest BCUT2D eigenvalue weighted by Crippen LogP contribution is -2.39. The van der Waals surface area contributed by atoms with Crippen molar-refractivity contribution in [3.8, 4) is 5.75 Å². The lowest BCUT2D eigenvalue weighted by Gasteiger charge is -2.32. The SMILES string of the molecule is COc1ccc([C@@H]2[C@@H]3[C@@H]4C[C@@H]([C@@H]3ON2C)[C@@H]2C(=O)N(CCNc3ncc(C(F)(F)F)cc3Cl)C(=O)[C@@H]42)cc1. The summed E-state index contributed by atoms with van der Waals surface area (Å²) in [6, 6.07) is 8.59. The van der Waals surface area contributed by atoms with Crippen LogP contribution >= 0.6 is 11.6 Å². The number of likely N-dealkylation sites (tertiary alicyclic amines) is 1. The zero-order valence-electron chi connectivity index (χ0n) is 20.6. The third-order valence-electron chi connectivity index (χ3n) is 8.55. The number of nitrogens with one attached hydrogen (secondary N) is 1. The molecule has 2 aliphatic carbocycles. The number of anilines is 1. The van der Waals surface area contributed by atoms with Crippen molar-refractivity contribution < 1.29 is 32.3 Å². The second-order valence-electron chi connectivity index (χ2n) is 10.3. The third kappa shape index (κ3) is 3.85. The zero-order valence-corrected chi connectivity index (χ0v) is 21.4. The Morgan fingerprint density at radius 2 is 1.84 bits per heavy atom. The molecule has 2 saturated heterocycles. The van der Waals surface area contributed by atoms with Gasteiger partial charge in [-0.1, -0.05) is 23.7 Å². The van der Waals surface area contributed by atoms with E-state index in [1.54, 1.807) is 7.11 Å². The highest BCUT2D eigenvalue weighted by Gasteiger charge is 2.71. The van der Waals surface area contributed by atoms with Crippen LogP contribution in [-0.2, 0) is 20.6 Å². The zero-order chi connectivity index (χ0) is 26.9. The van der Waals surface area contributed by atoms with Crippen LogP contribution in [0, 0.1) is 29.6 Å². The number of halogens is 4. The number of rotatable bonds is 6. The van der Waals surface area contributed by atoms with E-state index in [4.69, 9.17) is 21.2 Å². The number of amides is 2. The van der Waals surface area contributed by atoms with Crippen molar-refractivity contribution in [2.24, 2.45) is 29.6 Å². The standard InChI is InChI=1S/C26H26ClF3N4O4/c1-33-21(12-3-5-14(37-2)6-4-12)20-15-10-16(22(20)38-33)19-18(15)24(35)34(25(19)36)8-7-31-23-17(27)9-13(11-32-23)26(28,29)30/h3-6,9,11,15-16,18-22H,7-8,10H2,1-2H3,(H,31,32)/t15-,16-,18+,19+,20+,21-,22+/m1/s1. The Morgan fingerprint density at radius 1 is 1.16 bits per heavy atom. The minimum Gasteiger partial charge on any atom is -0.497 e. The number of carbonyl (C=O) groups excluding carboxylic acids is 2. The molecular formula is C26H26ClF3N4O4. The molecule has 0 spiro atoms. The van der Waals surface area contributed by atoms with E-state index in [0.29, 0.717) is 6.20 Å². The Hall–Kier alpha value is -2.89. The number of alkyl halides is 3. The van der Waals surface area contributed by atoms with Crippen molar-refractivity contribution in [2.45, 2.75) is 24.7 Å². The molecule has 38 heavy (non-hydrogen) atoms. The number of pyridine rings is 1. The van der Waals surface area contributed by atoms with E-state index in [-0.39, 0.29) is 65.6 Å².